The Kier molecular flexibility index (Phi) is 7.23. The fourth-order valence-corrected chi connectivity index (χ4v) is 2.08. The van der Waals surface area contributed by atoms with Gasteiger partial charge in [-0.15, -0.1) is 0 Å². The van der Waals surface area contributed by atoms with Crippen LogP contribution in [0, 0.1) is 0 Å². The number of carbonyl (C=O) groups excluding carboxylic acids is 1. The maximum absolute atomic E-state index is 11.5. The highest BCUT2D eigenvalue weighted by Gasteiger charge is 2.26. The molecule has 5 nitrogen and oxygen atoms in total. The van der Waals surface area contributed by atoms with Crippen molar-refractivity contribution in [1.29, 1.82) is 0 Å². The first kappa shape index (κ1) is 15.4. The lowest BCUT2D eigenvalue weighted by Crippen LogP contribution is -2.42. The molecule has 2 N–H and O–H groups in total. The number of carbonyl (C=O) groups is 1. The van der Waals surface area contributed by atoms with Gasteiger partial charge in [0.15, 0.2) is 0 Å². The molecule has 0 aromatic carbocycles. The lowest BCUT2D eigenvalue weighted by molar-refractivity contribution is -0.121. The molecule has 106 valence electrons. The van der Waals surface area contributed by atoms with E-state index in [1.807, 2.05) is 6.92 Å². The van der Waals surface area contributed by atoms with Crippen molar-refractivity contribution in [3.8, 4) is 0 Å². The summed E-state index contributed by atoms with van der Waals surface area (Å²) in [5, 5.41) is 6.06. The second-order valence-corrected chi connectivity index (χ2v) is 4.96. The predicted octanol–water partition coefficient (Wildman–Crippen LogP) is 0.211. The van der Waals surface area contributed by atoms with E-state index in [9.17, 15) is 4.79 Å². The van der Waals surface area contributed by atoms with Gasteiger partial charge in [-0.25, -0.2) is 0 Å². The zero-order valence-electron chi connectivity index (χ0n) is 11.9. The molecule has 0 aliphatic heterocycles. The lowest BCUT2D eigenvalue weighted by atomic mass is 10.3. The van der Waals surface area contributed by atoms with Gasteiger partial charge in [-0.3, -0.25) is 9.69 Å². The molecule has 1 unspecified atom stereocenters. The Balaban J connectivity index is 2.00. The Bertz CT molecular complexity index is 244. The molecule has 1 aliphatic rings. The minimum absolute atomic E-state index is 0.0361. The maximum Gasteiger partial charge on any atom is 0.234 e. The predicted molar refractivity (Wildman–Crippen MR) is 72.6 cm³/mol. The van der Waals surface area contributed by atoms with Gasteiger partial charge in [0.2, 0.25) is 5.91 Å². The van der Waals surface area contributed by atoms with Crippen LogP contribution >= 0.6 is 0 Å². The molecule has 1 amide bonds. The van der Waals surface area contributed by atoms with Crippen LogP contribution in [0.25, 0.3) is 0 Å². The molecular formula is C13H27N3O2. The third kappa shape index (κ3) is 6.33. The van der Waals surface area contributed by atoms with E-state index in [1.54, 1.807) is 7.11 Å². The van der Waals surface area contributed by atoms with Crippen molar-refractivity contribution >= 4 is 5.91 Å². The summed E-state index contributed by atoms with van der Waals surface area (Å²) in [4.78, 5) is 14.0. The number of ether oxygens (including phenoxy) is 1. The summed E-state index contributed by atoms with van der Waals surface area (Å²) in [6.45, 7) is 8.07. The number of nitrogens with zero attached hydrogens (tertiary/aromatic N) is 1. The van der Waals surface area contributed by atoms with Crippen LogP contribution in [-0.2, 0) is 9.53 Å². The molecule has 5 heteroatoms. The van der Waals surface area contributed by atoms with Gasteiger partial charge in [0.1, 0.15) is 0 Å². The van der Waals surface area contributed by atoms with Gasteiger partial charge >= 0.3 is 0 Å². The van der Waals surface area contributed by atoms with Gasteiger partial charge in [-0.1, -0.05) is 6.92 Å². The van der Waals surface area contributed by atoms with Crippen LogP contribution in [-0.4, -0.2) is 62.8 Å². The van der Waals surface area contributed by atoms with Crippen LogP contribution in [0.2, 0.25) is 0 Å². The summed E-state index contributed by atoms with van der Waals surface area (Å²) in [5.41, 5.74) is 0. The highest BCUT2D eigenvalue weighted by Crippen LogP contribution is 2.25. The summed E-state index contributed by atoms with van der Waals surface area (Å²) in [5.74, 6) is 0.0361. The average Bonchev–Trinajstić information content (AvgIpc) is 3.13. The molecule has 1 saturated carbocycles. The van der Waals surface area contributed by atoms with Gasteiger partial charge in [-0.2, -0.15) is 0 Å². The van der Waals surface area contributed by atoms with E-state index in [4.69, 9.17) is 4.74 Å². The lowest BCUT2D eigenvalue weighted by Gasteiger charge is -2.20. The van der Waals surface area contributed by atoms with Gasteiger partial charge in [0.05, 0.1) is 13.2 Å². The zero-order chi connectivity index (χ0) is 13.4. The Morgan fingerprint density at radius 3 is 2.78 bits per heavy atom. The van der Waals surface area contributed by atoms with Crippen molar-refractivity contribution in [3.63, 3.8) is 0 Å². The van der Waals surface area contributed by atoms with Crippen LogP contribution in [0.3, 0.4) is 0 Å². The minimum atomic E-state index is 0.0361. The Hall–Kier alpha value is -0.650. The van der Waals surface area contributed by atoms with Gasteiger partial charge in [-0.05, 0) is 26.3 Å². The van der Waals surface area contributed by atoms with E-state index in [0.717, 1.165) is 25.7 Å². The van der Waals surface area contributed by atoms with Crippen molar-refractivity contribution in [2.24, 2.45) is 0 Å². The summed E-state index contributed by atoms with van der Waals surface area (Å²) in [6.07, 6.45) is 2.67. The van der Waals surface area contributed by atoms with E-state index in [0.29, 0.717) is 13.2 Å². The molecule has 0 heterocycles. The number of amides is 1. The number of methoxy groups -OCH3 is 1. The Morgan fingerprint density at radius 2 is 2.22 bits per heavy atom. The number of nitrogens with one attached hydrogen (secondary N) is 2. The summed E-state index contributed by atoms with van der Waals surface area (Å²) >= 11 is 0. The quantitative estimate of drug-likeness (QED) is 0.549. The van der Waals surface area contributed by atoms with Crippen molar-refractivity contribution in [2.45, 2.75) is 38.8 Å². The smallest absolute Gasteiger partial charge is 0.234 e. The summed E-state index contributed by atoms with van der Waals surface area (Å²) < 4.78 is 4.97. The Labute approximate surface area is 110 Å². The van der Waals surface area contributed by atoms with Crippen molar-refractivity contribution in [3.05, 3.63) is 0 Å². The highest BCUT2D eigenvalue weighted by molar-refractivity contribution is 5.78. The molecule has 1 aliphatic carbocycles. The van der Waals surface area contributed by atoms with E-state index < -0.39 is 0 Å². The third-order valence-electron chi connectivity index (χ3n) is 3.15. The average molecular weight is 257 g/mol. The normalized spacial score (nSPS) is 16.9. The molecule has 1 fully saturated rings. The third-order valence-corrected chi connectivity index (χ3v) is 3.15. The van der Waals surface area contributed by atoms with Crippen LogP contribution in [0.4, 0.5) is 0 Å². The fourth-order valence-electron chi connectivity index (χ4n) is 2.08. The minimum Gasteiger partial charge on any atom is -0.383 e. The Morgan fingerprint density at radius 1 is 1.50 bits per heavy atom. The molecular weight excluding hydrogens is 230 g/mol. The van der Waals surface area contributed by atoms with Gasteiger partial charge in [0.25, 0.3) is 0 Å². The van der Waals surface area contributed by atoms with Crippen LogP contribution in [0.1, 0.15) is 26.7 Å². The SMILES string of the molecule is CCN(CCNCC(=O)NC(C)COC)C1CC1. The van der Waals surface area contributed by atoms with Crippen LogP contribution in [0.15, 0.2) is 0 Å². The molecule has 18 heavy (non-hydrogen) atoms. The van der Waals surface area contributed by atoms with Crippen LogP contribution in [0.5, 0.6) is 0 Å². The molecule has 0 radical (unpaired) electrons. The number of hydrogen-bond acceptors (Lipinski definition) is 4. The first-order valence-electron chi connectivity index (χ1n) is 6.90. The second kappa shape index (κ2) is 8.45. The number of hydrogen-bond donors (Lipinski definition) is 2. The highest BCUT2D eigenvalue weighted by atomic mass is 16.5. The summed E-state index contributed by atoms with van der Waals surface area (Å²) in [6, 6.07) is 0.871. The van der Waals surface area contributed by atoms with E-state index in [1.165, 1.54) is 12.8 Å². The van der Waals surface area contributed by atoms with Crippen molar-refractivity contribution in [2.75, 3.05) is 39.9 Å². The van der Waals surface area contributed by atoms with Crippen molar-refractivity contribution in [1.82, 2.24) is 15.5 Å². The van der Waals surface area contributed by atoms with Crippen molar-refractivity contribution < 1.29 is 9.53 Å². The topological polar surface area (TPSA) is 53.6 Å². The molecule has 1 rings (SSSR count). The largest absolute Gasteiger partial charge is 0.383 e. The van der Waals surface area contributed by atoms with E-state index >= 15 is 0 Å². The number of likely N-dealkylation sites (N-methyl/N-ethyl adjacent to an activating group) is 1. The number of rotatable bonds is 10. The zero-order valence-corrected chi connectivity index (χ0v) is 11.9. The second-order valence-electron chi connectivity index (χ2n) is 4.96. The summed E-state index contributed by atoms with van der Waals surface area (Å²) in [7, 11) is 1.64. The van der Waals surface area contributed by atoms with E-state index in [-0.39, 0.29) is 11.9 Å². The molecule has 0 spiro atoms. The monoisotopic (exact) mass is 257 g/mol. The molecule has 0 aromatic heterocycles. The maximum atomic E-state index is 11.5. The van der Waals surface area contributed by atoms with Crippen LogP contribution < -0.4 is 10.6 Å². The standard InChI is InChI=1S/C13H27N3O2/c1-4-16(12-5-6-12)8-7-14-9-13(17)15-11(2)10-18-3/h11-12,14H,4-10H2,1-3H3,(H,15,17). The first-order valence-corrected chi connectivity index (χ1v) is 6.90. The van der Waals surface area contributed by atoms with E-state index in [2.05, 4.69) is 22.5 Å². The molecule has 1 atom stereocenters. The first-order chi connectivity index (χ1) is 8.67. The van der Waals surface area contributed by atoms with Gasteiger partial charge in [0, 0.05) is 32.3 Å². The molecule has 0 bridgehead atoms. The molecule has 0 saturated heterocycles. The van der Waals surface area contributed by atoms with Gasteiger partial charge < -0.3 is 15.4 Å². The molecule has 0 aromatic rings. The fraction of sp³-hybridized carbons (Fsp3) is 0.923.